The molecule has 0 aromatic heterocycles. The van der Waals surface area contributed by atoms with Gasteiger partial charge < -0.3 is 4.90 Å². The molecule has 0 N–H and O–H groups in total. The zero-order valence-corrected chi connectivity index (χ0v) is 21.6. The number of thioether (sulfide) groups is 2. The van der Waals surface area contributed by atoms with Crippen LogP contribution < -0.4 is 4.90 Å². The number of hydrogen-bond acceptors (Lipinski definition) is 5. The second-order valence-corrected chi connectivity index (χ2v) is 10.9. The largest absolute Gasteiger partial charge is 0.337 e. The molecule has 3 aromatic carbocycles. The number of rotatable bonds is 4. The number of aliphatic imine (C=N–C) groups is 1. The molecule has 0 bridgehead atoms. The maximum atomic E-state index is 13.6. The lowest BCUT2D eigenvalue weighted by atomic mass is 10.1. The summed E-state index contributed by atoms with van der Waals surface area (Å²) in [5.74, 6) is -0.0138. The number of fused-ring (bicyclic) bond motifs is 1. The lowest BCUT2D eigenvalue weighted by molar-refractivity contribution is -0.122. The van der Waals surface area contributed by atoms with E-state index in [4.69, 9.17) is 16.6 Å². The quantitative estimate of drug-likeness (QED) is 0.316. The van der Waals surface area contributed by atoms with Crippen LogP contribution in [0.3, 0.4) is 0 Å². The molecule has 8 heteroatoms. The molecule has 5 rings (SSSR count). The van der Waals surface area contributed by atoms with Crippen LogP contribution in [0, 0.1) is 0 Å². The Bertz CT molecular complexity index is 1280. The molecule has 1 fully saturated rings. The molecule has 2 aliphatic heterocycles. The Morgan fingerprint density at radius 3 is 2.52 bits per heavy atom. The van der Waals surface area contributed by atoms with E-state index in [-0.39, 0.29) is 5.91 Å². The van der Waals surface area contributed by atoms with E-state index in [0.29, 0.717) is 21.6 Å². The van der Waals surface area contributed by atoms with Crippen LogP contribution in [0.15, 0.2) is 97.1 Å². The van der Waals surface area contributed by atoms with E-state index in [9.17, 15) is 4.79 Å². The Kier molecular flexibility index (Phi) is 6.56. The van der Waals surface area contributed by atoms with Crippen LogP contribution in [0.1, 0.15) is 5.56 Å². The summed E-state index contributed by atoms with van der Waals surface area (Å²) in [7, 11) is 1.98. The van der Waals surface area contributed by atoms with Crippen LogP contribution in [-0.4, -0.2) is 29.6 Å². The van der Waals surface area contributed by atoms with E-state index in [0.717, 1.165) is 32.2 Å². The van der Waals surface area contributed by atoms with E-state index in [1.807, 2.05) is 72.6 Å². The number of hydrogen-bond donors (Lipinski definition) is 0. The van der Waals surface area contributed by atoms with Crippen molar-refractivity contribution in [2.75, 3.05) is 18.5 Å². The lowest BCUT2D eigenvalue weighted by Crippen LogP contribution is -2.31. The third kappa shape index (κ3) is 4.73. The van der Waals surface area contributed by atoms with E-state index in [1.165, 1.54) is 17.3 Å². The molecule has 1 amide bonds. The number of amidine groups is 1. The van der Waals surface area contributed by atoms with Crippen LogP contribution in [-0.2, 0) is 11.2 Å². The standard InChI is InChI=1S/C25H19BrClN3OS2/c1-29-20-15-18(27)9-12-21(20)32-24(29)22-23(31)30(14-13-16-5-3-2-4-6-16)25(33-22)28-19-10-7-17(26)8-11-19/h2-12,15H,13-14H2,1H3/b24-22-,28-25?. The number of carbonyl (C=O) groups excluding carboxylic acids is 1. The van der Waals surface area contributed by atoms with Gasteiger partial charge in [-0.15, -0.1) is 0 Å². The minimum atomic E-state index is -0.0138. The molecule has 0 aliphatic carbocycles. The molecular weight excluding hydrogens is 538 g/mol. The fraction of sp³-hybridized carbons (Fsp3) is 0.120. The Morgan fingerprint density at radius 1 is 1.00 bits per heavy atom. The predicted molar refractivity (Wildman–Crippen MR) is 143 cm³/mol. The Morgan fingerprint density at radius 2 is 1.76 bits per heavy atom. The van der Waals surface area contributed by atoms with Crippen molar-refractivity contribution in [3.05, 3.63) is 97.8 Å². The van der Waals surface area contributed by atoms with E-state index in [1.54, 1.807) is 16.7 Å². The van der Waals surface area contributed by atoms with Crippen molar-refractivity contribution in [3.63, 3.8) is 0 Å². The second kappa shape index (κ2) is 9.58. The Hall–Kier alpha value is -2.19. The minimum Gasteiger partial charge on any atom is -0.337 e. The summed E-state index contributed by atoms with van der Waals surface area (Å²) in [4.78, 5) is 24.1. The van der Waals surface area contributed by atoms with Gasteiger partial charge in [0.05, 0.1) is 16.4 Å². The van der Waals surface area contributed by atoms with Gasteiger partial charge in [-0.2, -0.15) is 0 Å². The number of nitrogens with zero attached hydrogens (tertiary/aromatic N) is 3. The smallest absolute Gasteiger partial charge is 0.269 e. The highest BCUT2D eigenvalue weighted by molar-refractivity contribution is 9.10. The van der Waals surface area contributed by atoms with Crippen molar-refractivity contribution < 1.29 is 4.79 Å². The highest BCUT2D eigenvalue weighted by Gasteiger charge is 2.39. The van der Waals surface area contributed by atoms with Gasteiger partial charge >= 0.3 is 0 Å². The van der Waals surface area contributed by atoms with Gasteiger partial charge in [0.15, 0.2) is 5.17 Å². The van der Waals surface area contributed by atoms with Gasteiger partial charge in [-0.3, -0.25) is 9.69 Å². The van der Waals surface area contributed by atoms with Gasteiger partial charge in [-0.05, 0) is 66.2 Å². The normalized spacial score (nSPS) is 19.0. The van der Waals surface area contributed by atoms with Crippen molar-refractivity contribution in [1.29, 1.82) is 0 Å². The van der Waals surface area contributed by atoms with Crippen LogP contribution in [0.25, 0.3) is 0 Å². The predicted octanol–water partition coefficient (Wildman–Crippen LogP) is 7.32. The molecule has 1 saturated heterocycles. The molecule has 0 unspecified atom stereocenters. The molecule has 0 saturated carbocycles. The van der Waals surface area contributed by atoms with Crippen molar-refractivity contribution in [2.45, 2.75) is 11.3 Å². The van der Waals surface area contributed by atoms with Crippen LogP contribution in [0.4, 0.5) is 11.4 Å². The van der Waals surface area contributed by atoms with Crippen molar-refractivity contribution >= 4 is 73.5 Å². The molecule has 2 heterocycles. The molecule has 33 heavy (non-hydrogen) atoms. The first kappa shape index (κ1) is 22.6. The fourth-order valence-corrected chi connectivity index (χ4v) is 6.43. The summed E-state index contributed by atoms with van der Waals surface area (Å²) in [6, 6.07) is 23.8. The summed E-state index contributed by atoms with van der Waals surface area (Å²) in [6.45, 7) is 0.565. The summed E-state index contributed by atoms with van der Waals surface area (Å²) >= 11 is 12.7. The molecule has 0 spiro atoms. The zero-order valence-electron chi connectivity index (χ0n) is 17.7. The fourth-order valence-electron chi connectivity index (χ4n) is 3.65. The van der Waals surface area contributed by atoms with Crippen molar-refractivity contribution in [2.24, 2.45) is 4.99 Å². The molecule has 166 valence electrons. The summed E-state index contributed by atoms with van der Waals surface area (Å²) in [5, 5.41) is 2.29. The Balaban J connectivity index is 1.50. The number of anilines is 1. The topological polar surface area (TPSA) is 35.9 Å². The van der Waals surface area contributed by atoms with Gasteiger partial charge in [0.1, 0.15) is 4.91 Å². The average molecular weight is 557 g/mol. The molecule has 0 radical (unpaired) electrons. The number of benzene rings is 3. The van der Waals surface area contributed by atoms with Gasteiger partial charge in [-0.25, -0.2) is 4.99 Å². The van der Waals surface area contributed by atoms with Gasteiger partial charge in [-0.1, -0.05) is 69.6 Å². The van der Waals surface area contributed by atoms with Crippen LogP contribution in [0.5, 0.6) is 0 Å². The van der Waals surface area contributed by atoms with Crippen molar-refractivity contribution in [1.82, 2.24) is 4.90 Å². The third-order valence-corrected chi connectivity index (χ3v) is 8.57. The first-order chi connectivity index (χ1) is 16.0. The summed E-state index contributed by atoms with van der Waals surface area (Å²) in [6.07, 6.45) is 0.758. The zero-order chi connectivity index (χ0) is 22.9. The minimum absolute atomic E-state index is 0.0138. The van der Waals surface area contributed by atoms with Gasteiger partial charge in [0.2, 0.25) is 0 Å². The average Bonchev–Trinajstić information content (AvgIpc) is 3.30. The van der Waals surface area contributed by atoms with Crippen LogP contribution >= 0.6 is 51.1 Å². The lowest BCUT2D eigenvalue weighted by Gasteiger charge is -2.17. The number of amides is 1. The van der Waals surface area contributed by atoms with E-state index in [2.05, 4.69) is 28.1 Å². The van der Waals surface area contributed by atoms with Crippen LogP contribution in [0.2, 0.25) is 5.02 Å². The van der Waals surface area contributed by atoms with Gasteiger partial charge in [0.25, 0.3) is 5.91 Å². The Labute approximate surface area is 214 Å². The maximum absolute atomic E-state index is 13.6. The maximum Gasteiger partial charge on any atom is 0.269 e. The first-order valence-electron chi connectivity index (χ1n) is 10.3. The monoisotopic (exact) mass is 555 g/mol. The molecule has 3 aromatic rings. The molecular formula is C25H19BrClN3OS2. The van der Waals surface area contributed by atoms with E-state index < -0.39 is 0 Å². The molecule has 0 atom stereocenters. The molecule has 4 nitrogen and oxygen atoms in total. The summed E-state index contributed by atoms with van der Waals surface area (Å²) < 4.78 is 0.991. The number of carbonyl (C=O) groups is 1. The SMILES string of the molecule is CN1/C(=C2/SC(=Nc3ccc(Br)cc3)N(CCc3ccccc3)C2=O)Sc2ccc(Cl)cc21. The first-order valence-corrected chi connectivity index (χ1v) is 13.1. The highest BCUT2D eigenvalue weighted by Crippen LogP contribution is 2.50. The molecule has 2 aliphatic rings. The van der Waals surface area contributed by atoms with Crippen molar-refractivity contribution in [3.8, 4) is 0 Å². The summed E-state index contributed by atoms with van der Waals surface area (Å²) in [5.41, 5.74) is 3.01. The second-order valence-electron chi connectivity index (χ2n) is 7.57. The number of halogens is 2. The van der Waals surface area contributed by atoms with E-state index >= 15 is 0 Å². The highest BCUT2D eigenvalue weighted by atomic mass is 79.9. The van der Waals surface area contributed by atoms with Gasteiger partial charge in [0, 0.05) is 28.0 Å². The third-order valence-electron chi connectivity index (χ3n) is 5.37.